The number of aromatic carboxylic acids is 1. The summed E-state index contributed by atoms with van der Waals surface area (Å²) < 4.78 is 13.2. The first-order valence-electron chi connectivity index (χ1n) is 4.65. The maximum absolute atomic E-state index is 13.2. The highest BCUT2D eigenvalue weighted by Gasteiger charge is 2.09. The van der Waals surface area contributed by atoms with E-state index in [0.717, 1.165) is 18.3 Å². The number of rotatable bonds is 2. The van der Waals surface area contributed by atoms with Crippen LogP contribution in [-0.2, 0) is 0 Å². The van der Waals surface area contributed by atoms with Crippen LogP contribution < -0.4 is 5.56 Å². The molecule has 0 saturated heterocycles. The lowest BCUT2D eigenvalue weighted by molar-refractivity contribution is 0.0696. The first-order chi connectivity index (χ1) is 8.06. The summed E-state index contributed by atoms with van der Waals surface area (Å²) in [5, 5.41) is 8.78. The van der Waals surface area contributed by atoms with Crippen LogP contribution in [0.15, 0.2) is 35.4 Å². The molecule has 5 nitrogen and oxygen atoms in total. The topological polar surface area (TPSA) is 83.0 Å². The van der Waals surface area contributed by atoms with Gasteiger partial charge in [-0.1, -0.05) is 0 Å². The quantitative estimate of drug-likeness (QED) is 0.819. The van der Waals surface area contributed by atoms with Gasteiger partial charge in [0.15, 0.2) is 0 Å². The minimum atomic E-state index is -1.24. The maximum atomic E-state index is 13.2. The molecule has 0 aliphatic carbocycles. The molecule has 0 saturated carbocycles. The van der Waals surface area contributed by atoms with Crippen LogP contribution in [0, 0.1) is 5.82 Å². The van der Waals surface area contributed by atoms with Crippen LogP contribution in [0.25, 0.3) is 11.3 Å². The number of hydrogen-bond acceptors (Lipinski definition) is 3. The molecule has 86 valence electrons. The lowest BCUT2D eigenvalue weighted by atomic mass is 10.1. The van der Waals surface area contributed by atoms with Crippen LogP contribution in [0.3, 0.4) is 0 Å². The number of H-pyrrole nitrogens is 1. The van der Waals surface area contributed by atoms with Gasteiger partial charge in [0.05, 0.1) is 23.7 Å². The third kappa shape index (κ3) is 2.36. The van der Waals surface area contributed by atoms with Crippen molar-refractivity contribution >= 4 is 5.97 Å². The minimum absolute atomic E-state index is 0.190. The maximum Gasteiger partial charge on any atom is 0.335 e. The molecule has 17 heavy (non-hydrogen) atoms. The largest absolute Gasteiger partial charge is 0.478 e. The zero-order chi connectivity index (χ0) is 12.4. The molecule has 2 N–H and O–H groups in total. The van der Waals surface area contributed by atoms with Gasteiger partial charge in [0.2, 0.25) is 0 Å². The second kappa shape index (κ2) is 4.17. The van der Waals surface area contributed by atoms with Gasteiger partial charge in [-0.05, 0) is 18.2 Å². The number of carboxylic acids is 1. The molecule has 0 aliphatic heterocycles. The van der Waals surface area contributed by atoms with Gasteiger partial charge in [-0.3, -0.25) is 9.78 Å². The summed E-state index contributed by atoms with van der Waals surface area (Å²) in [4.78, 5) is 27.9. The lowest BCUT2D eigenvalue weighted by Gasteiger charge is -2.02. The van der Waals surface area contributed by atoms with E-state index in [-0.39, 0.29) is 16.8 Å². The molecule has 0 amide bonds. The van der Waals surface area contributed by atoms with Gasteiger partial charge in [0.25, 0.3) is 5.56 Å². The normalized spacial score (nSPS) is 10.2. The number of aromatic amines is 1. The number of carbonyl (C=O) groups is 1. The molecule has 0 fully saturated rings. The highest BCUT2D eigenvalue weighted by Crippen LogP contribution is 2.18. The van der Waals surface area contributed by atoms with Crippen LogP contribution in [0.5, 0.6) is 0 Å². The first kappa shape index (κ1) is 11.0. The molecule has 0 unspecified atom stereocenters. The van der Waals surface area contributed by atoms with Crippen molar-refractivity contribution in [3.05, 3.63) is 52.3 Å². The monoisotopic (exact) mass is 234 g/mol. The van der Waals surface area contributed by atoms with E-state index in [9.17, 15) is 14.0 Å². The Kier molecular flexibility index (Phi) is 2.70. The van der Waals surface area contributed by atoms with Gasteiger partial charge in [0.1, 0.15) is 5.82 Å². The average Bonchev–Trinajstić information content (AvgIpc) is 2.28. The van der Waals surface area contributed by atoms with Crippen LogP contribution in [0.1, 0.15) is 10.4 Å². The predicted octanol–water partition coefficient (Wildman–Crippen LogP) is 1.27. The van der Waals surface area contributed by atoms with Crippen molar-refractivity contribution < 1.29 is 14.3 Å². The van der Waals surface area contributed by atoms with E-state index >= 15 is 0 Å². The van der Waals surface area contributed by atoms with Crippen molar-refractivity contribution in [1.29, 1.82) is 0 Å². The molecule has 0 spiro atoms. The SMILES string of the molecule is O=C(O)c1cc(F)cc(-c2cncc(=O)[nH]2)c1. The van der Waals surface area contributed by atoms with E-state index in [1.165, 1.54) is 12.3 Å². The Morgan fingerprint density at radius 2 is 2.06 bits per heavy atom. The Morgan fingerprint density at radius 3 is 2.71 bits per heavy atom. The van der Waals surface area contributed by atoms with Crippen LogP contribution in [0.4, 0.5) is 4.39 Å². The van der Waals surface area contributed by atoms with Crippen LogP contribution in [-0.4, -0.2) is 21.0 Å². The highest BCUT2D eigenvalue weighted by atomic mass is 19.1. The van der Waals surface area contributed by atoms with Gasteiger partial charge in [0, 0.05) is 5.56 Å². The van der Waals surface area contributed by atoms with Gasteiger partial charge in [-0.15, -0.1) is 0 Å². The fraction of sp³-hybridized carbons (Fsp3) is 0. The van der Waals surface area contributed by atoms with Crippen LogP contribution >= 0.6 is 0 Å². The number of carboxylic acid groups (broad SMARTS) is 1. The van der Waals surface area contributed by atoms with Gasteiger partial charge < -0.3 is 10.1 Å². The highest BCUT2D eigenvalue weighted by molar-refractivity contribution is 5.89. The number of nitrogens with zero attached hydrogens (tertiary/aromatic N) is 1. The fourth-order valence-electron chi connectivity index (χ4n) is 1.39. The van der Waals surface area contributed by atoms with Crippen LogP contribution in [0.2, 0.25) is 0 Å². The number of hydrogen-bond donors (Lipinski definition) is 2. The summed E-state index contributed by atoms with van der Waals surface area (Å²) in [6, 6.07) is 3.29. The molecular formula is C11H7FN2O3. The third-order valence-electron chi connectivity index (χ3n) is 2.11. The summed E-state index contributed by atoms with van der Waals surface area (Å²) in [5.74, 6) is -1.93. The van der Waals surface area contributed by atoms with Crippen molar-refractivity contribution in [1.82, 2.24) is 9.97 Å². The number of halogens is 1. The molecule has 1 heterocycles. The summed E-state index contributed by atoms with van der Waals surface area (Å²) in [6.07, 6.45) is 2.39. The Hall–Kier alpha value is -2.50. The Morgan fingerprint density at radius 1 is 1.29 bits per heavy atom. The van der Waals surface area contributed by atoms with Crippen molar-refractivity contribution in [2.45, 2.75) is 0 Å². The molecular weight excluding hydrogens is 227 g/mol. The van der Waals surface area contributed by atoms with Crippen molar-refractivity contribution in [3.63, 3.8) is 0 Å². The van der Waals surface area contributed by atoms with E-state index in [1.54, 1.807) is 0 Å². The van der Waals surface area contributed by atoms with Crippen molar-refractivity contribution in [3.8, 4) is 11.3 Å². The summed E-state index contributed by atoms with van der Waals surface area (Å²) >= 11 is 0. The molecule has 0 radical (unpaired) electrons. The fourth-order valence-corrected chi connectivity index (χ4v) is 1.39. The third-order valence-corrected chi connectivity index (χ3v) is 2.11. The summed E-state index contributed by atoms with van der Waals surface area (Å²) in [5.41, 5.74) is -0.111. The molecule has 2 aromatic rings. The van der Waals surface area contributed by atoms with Crippen molar-refractivity contribution in [2.24, 2.45) is 0 Å². The molecule has 0 atom stereocenters. The average molecular weight is 234 g/mol. The van der Waals surface area contributed by atoms with E-state index < -0.39 is 17.3 Å². The Balaban J connectivity index is 2.59. The van der Waals surface area contributed by atoms with Gasteiger partial charge in [-0.2, -0.15) is 0 Å². The van der Waals surface area contributed by atoms with E-state index in [4.69, 9.17) is 5.11 Å². The predicted molar refractivity (Wildman–Crippen MR) is 57.2 cm³/mol. The molecule has 1 aromatic carbocycles. The second-order valence-electron chi connectivity index (χ2n) is 3.34. The van der Waals surface area contributed by atoms with E-state index in [0.29, 0.717) is 0 Å². The Bertz CT molecular complexity index is 637. The molecule has 2 rings (SSSR count). The number of nitrogens with one attached hydrogen (secondary N) is 1. The number of aromatic nitrogens is 2. The standard InChI is InChI=1S/C11H7FN2O3/c12-8-2-6(1-7(3-8)11(16)17)9-4-13-5-10(15)14-9/h1-5H,(H,14,15)(H,16,17). The number of benzene rings is 1. The Labute approximate surface area is 94.6 Å². The second-order valence-corrected chi connectivity index (χ2v) is 3.34. The summed E-state index contributed by atoms with van der Waals surface area (Å²) in [6.45, 7) is 0. The zero-order valence-corrected chi connectivity index (χ0v) is 8.48. The summed E-state index contributed by atoms with van der Waals surface area (Å²) in [7, 11) is 0. The van der Waals surface area contributed by atoms with Crippen molar-refractivity contribution in [2.75, 3.05) is 0 Å². The molecule has 6 heteroatoms. The van der Waals surface area contributed by atoms with Gasteiger partial charge >= 0.3 is 5.97 Å². The molecule has 0 bridgehead atoms. The van der Waals surface area contributed by atoms with Gasteiger partial charge in [-0.25, -0.2) is 9.18 Å². The first-order valence-corrected chi connectivity index (χ1v) is 4.65. The lowest BCUT2D eigenvalue weighted by Crippen LogP contribution is -2.06. The smallest absolute Gasteiger partial charge is 0.335 e. The minimum Gasteiger partial charge on any atom is -0.478 e. The molecule has 0 aliphatic rings. The zero-order valence-electron chi connectivity index (χ0n) is 8.48. The van der Waals surface area contributed by atoms with E-state index in [2.05, 4.69) is 9.97 Å². The molecule has 1 aromatic heterocycles. The van der Waals surface area contributed by atoms with E-state index in [1.807, 2.05) is 0 Å².